The second-order valence-corrected chi connectivity index (χ2v) is 7.88. The van der Waals surface area contributed by atoms with Crippen molar-refractivity contribution < 1.29 is 14.9 Å². The SMILES string of the molecule is Cc1c2cnc(=NC3CCOC[C@H]3O)nc-2n(C2CCCC2)c([O-])c1Br. The highest BCUT2D eigenvalue weighted by Gasteiger charge is 2.26. The predicted molar refractivity (Wildman–Crippen MR) is 96.8 cm³/mol. The Kier molecular flexibility index (Phi) is 4.98. The summed E-state index contributed by atoms with van der Waals surface area (Å²) in [6, 6.07) is -0.109. The van der Waals surface area contributed by atoms with Crippen molar-refractivity contribution in [2.24, 2.45) is 4.99 Å². The Hall–Kier alpha value is -1.51. The maximum absolute atomic E-state index is 12.9. The fourth-order valence-corrected chi connectivity index (χ4v) is 4.27. The zero-order chi connectivity index (χ0) is 18.3. The molecule has 3 aliphatic heterocycles. The minimum atomic E-state index is -0.647. The first-order valence-electron chi connectivity index (χ1n) is 9.10. The van der Waals surface area contributed by atoms with Crippen LogP contribution in [0.1, 0.15) is 43.7 Å². The number of rotatable bonds is 2. The second-order valence-electron chi connectivity index (χ2n) is 7.09. The summed E-state index contributed by atoms with van der Waals surface area (Å²) >= 11 is 3.44. The number of aliphatic hydroxyl groups excluding tert-OH is 1. The lowest BCUT2D eigenvalue weighted by Gasteiger charge is -2.30. The van der Waals surface area contributed by atoms with E-state index in [2.05, 4.69) is 30.9 Å². The second kappa shape index (κ2) is 7.25. The van der Waals surface area contributed by atoms with Crippen LogP contribution in [-0.4, -0.2) is 45.0 Å². The largest absolute Gasteiger partial charge is 0.859 e. The number of pyridine rings is 1. The van der Waals surface area contributed by atoms with E-state index in [0.29, 0.717) is 28.9 Å². The molecule has 0 bridgehead atoms. The zero-order valence-electron chi connectivity index (χ0n) is 14.7. The van der Waals surface area contributed by atoms with Crippen molar-refractivity contribution in [3.05, 3.63) is 21.9 Å². The summed E-state index contributed by atoms with van der Waals surface area (Å²) in [5.41, 5.74) is 2.02. The molecule has 1 N–H and O–H groups in total. The monoisotopic (exact) mass is 421 g/mol. The number of halogens is 1. The van der Waals surface area contributed by atoms with Gasteiger partial charge in [0.15, 0.2) is 0 Å². The molecular formula is C18H22BrN4O3-. The fraction of sp³-hybridized carbons (Fsp3) is 0.611. The van der Waals surface area contributed by atoms with E-state index < -0.39 is 6.10 Å². The molecule has 1 saturated heterocycles. The van der Waals surface area contributed by atoms with E-state index in [1.54, 1.807) is 10.8 Å². The lowest BCUT2D eigenvalue weighted by Crippen LogP contribution is -2.37. The van der Waals surface area contributed by atoms with Gasteiger partial charge in [0.1, 0.15) is 5.82 Å². The molecular weight excluding hydrogens is 400 g/mol. The Morgan fingerprint density at radius 2 is 2.12 bits per heavy atom. The number of fused-ring (bicyclic) bond motifs is 1. The van der Waals surface area contributed by atoms with Crippen molar-refractivity contribution in [1.82, 2.24) is 14.5 Å². The third-order valence-corrected chi connectivity index (χ3v) is 6.32. The molecule has 2 fully saturated rings. The number of nitrogens with zero attached hydrogens (tertiary/aromatic N) is 4. The van der Waals surface area contributed by atoms with Crippen LogP contribution in [-0.2, 0) is 4.74 Å². The normalized spacial score (nSPS) is 25.3. The highest BCUT2D eigenvalue weighted by molar-refractivity contribution is 9.10. The van der Waals surface area contributed by atoms with Crippen molar-refractivity contribution >= 4 is 15.9 Å². The van der Waals surface area contributed by atoms with Crippen LogP contribution in [0.2, 0.25) is 0 Å². The number of hydrogen-bond acceptors (Lipinski definition) is 6. The molecule has 1 unspecified atom stereocenters. The highest BCUT2D eigenvalue weighted by atomic mass is 79.9. The summed E-state index contributed by atoms with van der Waals surface area (Å²) in [5.74, 6) is 0.593. The third kappa shape index (κ3) is 3.14. The molecule has 3 heterocycles. The van der Waals surface area contributed by atoms with Crippen molar-refractivity contribution in [1.29, 1.82) is 0 Å². The topological polar surface area (TPSA) is 95.6 Å². The maximum Gasteiger partial charge on any atom is 0.247 e. The molecule has 2 atom stereocenters. The molecule has 1 saturated carbocycles. The Morgan fingerprint density at radius 3 is 2.85 bits per heavy atom. The van der Waals surface area contributed by atoms with Crippen LogP contribution < -0.4 is 10.7 Å². The van der Waals surface area contributed by atoms with Gasteiger partial charge in [-0.15, -0.1) is 0 Å². The number of ether oxygens (including phenoxy) is 1. The smallest absolute Gasteiger partial charge is 0.247 e. The van der Waals surface area contributed by atoms with Gasteiger partial charge in [0.05, 0.1) is 18.8 Å². The van der Waals surface area contributed by atoms with Crippen LogP contribution in [0, 0.1) is 6.92 Å². The molecule has 0 radical (unpaired) electrons. The van der Waals surface area contributed by atoms with Crippen molar-refractivity contribution in [2.45, 2.75) is 57.2 Å². The van der Waals surface area contributed by atoms with Gasteiger partial charge in [-0.25, -0.2) is 9.98 Å². The van der Waals surface area contributed by atoms with Gasteiger partial charge in [-0.05, 0) is 53.6 Å². The summed E-state index contributed by atoms with van der Waals surface area (Å²) in [6.07, 6.45) is 5.95. The molecule has 0 amide bonds. The Labute approximate surface area is 160 Å². The van der Waals surface area contributed by atoms with E-state index in [9.17, 15) is 10.2 Å². The number of aromatic nitrogens is 3. The summed E-state index contributed by atoms with van der Waals surface area (Å²) < 4.78 is 7.63. The van der Waals surface area contributed by atoms with Gasteiger partial charge in [-0.1, -0.05) is 12.8 Å². The maximum atomic E-state index is 12.9. The molecule has 0 spiro atoms. The van der Waals surface area contributed by atoms with Crippen LogP contribution in [0.4, 0.5) is 0 Å². The molecule has 7 nitrogen and oxygen atoms in total. The van der Waals surface area contributed by atoms with Crippen LogP contribution >= 0.6 is 15.9 Å². The van der Waals surface area contributed by atoms with E-state index in [1.165, 1.54) is 0 Å². The van der Waals surface area contributed by atoms with E-state index in [4.69, 9.17) is 4.74 Å². The minimum absolute atomic E-state index is 0.0438. The molecule has 4 aliphatic rings. The molecule has 140 valence electrons. The molecule has 4 rings (SSSR count). The summed E-state index contributed by atoms with van der Waals surface area (Å²) in [4.78, 5) is 13.5. The quantitative estimate of drug-likeness (QED) is 0.795. The Bertz CT molecular complexity index is 847. The van der Waals surface area contributed by atoms with Crippen molar-refractivity contribution in [3.63, 3.8) is 0 Å². The first-order valence-corrected chi connectivity index (χ1v) is 9.89. The summed E-state index contributed by atoms with van der Waals surface area (Å²) in [6.45, 7) is 2.74. The van der Waals surface area contributed by atoms with Crippen LogP contribution in [0.3, 0.4) is 0 Å². The molecule has 8 heteroatoms. The van der Waals surface area contributed by atoms with Crippen LogP contribution in [0.5, 0.6) is 5.88 Å². The van der Waals surface area contributed by atoms with Gasteiger partial charge >= 0.3 is 0 Å². The number of aliphatic hydroxyl groups is 1. The average Bonchev–Trinajstić information content (AvgIpc) is 3.16. The Morgan fingerprint density at radius 1 is 1.35 bits per heavy atom. The van der Waals surface area contributed by atoms with E-state index in [-0.39, 0.29) is 24.6 Å². The van der Waals surface area contributed by atoms with Crippen molar-refractivity contribution in [2.75, 3.05) is 13.2 Å². The first-order chi connectivity index (χ1) is 12.6. The van der Waals surface area contributed by atoms with E-state index in [1.807, 2.05) is 6.92 Å². The minimum Gasteiger partial charge on any atom is -0.859 e. The van der Waals surface area contributed by atoms with Crippen molar-refractivity contribution in [3.8, 4) is 17.3 Å². The molecule has 0 aromatic carbocycles. The van der Waals surface area contributed by atoms with Gasteiger partial charge in [0, 0.05) is 28.9 Å². The standard InChI is InChI=1S/C18H23BrN4O3/c1-10-12-8-20-18(21-13-6-7-26-9-14(13)24)22-16(12)23(17(25)15(10)19)11-4-2-3-5-11/h8,11,13-14,24-25H,2-7,9H2,1H3/p-1/t13?,14-/m1/s1. The van der Waals surface area contributed by atoms with E-state index in [0.717, 1.165) is 36.8 Å². The first kappa shape index (κ1) is 17.9. The van der Waals surface area contributed by atoms with Crippen LogP contribution in [0.15, 0.2) is 15.7 Å². The fourth-order valence-electron chi connectivity index (χ4n) is 3.87. The van der Waals surface area contributed by atoms with Crippen LogP contribution in [0.25, 0.3) is 11.4 Å². The van der Waals surface area contributed by atoms with Gasteiger partial charge in [-0.3, -0.25) is 0 Å². The predicted octanol–water partition coefficient (Wildman–Crippen LogP) is 1.69. The Balaban J connectivity index is 1.87. The lowest BCUT2D eigenvalue weighted by molar-refractivity contribution is -0.281. The lowest BCUT2D eigenvalue weighted by atomic mass is 10.1. The highest BCUT2D eigenvalue weighted by Crippen LogP contribution is 2.41. The van der Waals surface area contributed by atoms with E-state index >= 15 is 0 Å². The molecule has 1 aliphatic carbocycles. The molecule has 26 heavy (non-hydrogen) atoms. The van der Waals surface area contributed by atoms with Gasteiger partial charge in [0.25, 0.3) is 0 Å². The van der Waals surface area contributed by atoms with Gasteiger partial charge < -0.3 is 19.5 Å². The zero-order valence-corrected chi connectivity index (χ0v) is 16.3. The molecule has 0 aromatic rings. The summed E-state index contributed by atoms with van der Waals surface area (Å²) in [5, 5.41) is 23.0. The number of hydrogen-bond donors (Lipinski definition) is 1. The average molecular weight is 422 g/mol. The summed E-state index contributed by atoms with van der Waals surface area (Å²) in [7, 11) is 0. The van der Waals surface area contributed by atoms with Gasteiger partial charge in [-0.2, -0.15) is 4.98 Å². The third-order valence-electron chi connectivity index (χ3n) is 5.39. The molecule has 0 aromatic heterocycles. The van der Waals surface area contributed by atoms with Gasteiger partial charge in [0.2, 0.25) is 5.62 Å².